The summed E-state index contributed by atoms with van der Waals surface area (Å²) < 4.78 is 2.09. The summed E-state index contributed by atoms with van der Waals surface area (Å²) in [5, 5.41) is 0. The molecule has 2 N–H and O–H groups in total. The molecule has 1 aliphatic heterocycles. The molecule has 114 valence electrons. The predicted octanol–water partition coefficient (Wildman–Crippen LogP) is 2.33. The van der Waals surface area contributed by atoms with Crippen molar-refractivity contribution < 1.29 is 0 Å². The van der Waals surface area contributed by atoms with Crippen LogP contribution in [0.1, 0.15) is 51.8 Å². The number of hydrogen-bond acceptors (Lipinski definition) is 3. The number of imidazole rings is 1. The molecular weight excluding hydrogens is 248 g/mol. The van der Waals surface area contributed by atoms with E-state index in [0.29, 0.717) is 0 Å². The molecule has 4 heteroatoms. The zero-order valence-electron chi connectivity index (χ0n) is 13.3. The third kappa shape index (κ3) is 3.61. The molecule has 1 saturated heterocycles. The summed E-state index contributed by atoms with van der Waals surface area (Å²) in [5.74, 6) is 1.13. The van der Waals surface area contributed by atoms with Crippen LogP contribution in [-0.4, -0.2) is 39.1 Å². The van der Waals surface area contributed by atoms with E-state index in [1.807, 2.05) is 19.4 Å². The van der Waals surface area contributed by atoms with E-state index in [-0.39, 0.29) is 11.6 Å². The van der Waals surface area contributed by atoms with E-state index in [9.17, 15) is 0 Å². The molecule has 2 heterocycles. The van der Waals surface area contributed by atoms with Gasteiger partial charge in [-0.1, -0.05) is 12.8 Å². The quantitative estimate of drug-likeness (QED) is 0.899. The Labute approximate surface area is 123 Å². The van der Waals surface area contributed by atoms with Crippen molar-refractivity contribution >= 4 is 0 Å². The van der Waals surface area contributed by atoms with E-state index in [1.165, 1.54) is 38.8 Å². The molecule has 1 fully saturated rings. The van der Waals surface area contributed by atoms with Gasteiger partial charge in [0.25, 0.3) is 0 Å². The van der Waals surface area contributed by atoms with Crippen molar-refractivity contribution in [1.29, 1.82) is 0 Å². The van der Waals surface area contributed by atoms with E-state index < -0.39 is 0 Å². The van der Waals surface area contributed by atoms with E-state index in [2.05, 4.69) is 28.3 Å². The molecule has 1 aliphatic rings. The van der Waals surface area contributed by atoms with Gasteiger partial charge in [0, 0.05) is 37.4 Å². The Morgan fingerprint density at radius 1 is 1.25 bits per heavy atom. The van der Waals surface area contributed by atoms with Crippen LogP contribution in [0, 0.1) is 0 Å². The molecule has 0 saturated carbocycles. The highest BCUT2D eigenvalue weighted by atomic mass is 15.2. The van der Waals surface area contributed by atoms with Gasteiger partial charge >= 0.3 is 0 Å². The van der Waals surface area contributed by atoms with E-state index in [0.717, 1.165) is 18.7 Å². The molecule has 0 aliphatic carbocycles. The number of nitrogens with zero attached hydrogens (tertiary/aromatic N) is 3. The average molecular weight is 278 g/mol. The Morgan fingerprint density at radius 3 is 2.45 bits per heavy atom. The zero-order chi connectivity index (χ0) is 14.6. The van der Waals surface area contributed by atoms with Crippen LogP contribution in [-0.2, 0) is 13.5 Å². The summed E-state index contributed by atoms with van der Waals surface area (Å²) in [7, 11) is 2.05. The number of aromatic nitrogens is 2. The van der Waals surface area contributed by atoms with Crippen LogP contribution in [0.15, 0.2) is 12.4 Å². The molecule has 0 bridgehead atoms. The summed E-state index contributed by atoms with van der Waals surface area (Å²) in [6, 6.07) is 0.192. The normalized spacial score (nSPS) is 19.8. The lowest BCUT2D eigenvalue weighted by molar-refractivity contribution is 0.0947. The fourth-order valence-electron chi connectivity index (χ4n) is 3.16. The number of nitrogens with two attached hydrogens (primary N) is 1. The standard InChI is InChI=1S/C16H30N4/c1-16(2,20-11-6-4-5-7-12-20)14(17)8-9-15-18-10-13-19(15)3/h10,13-14H,4-9,11-12,17H2,1-3H3. The second kappa shape index (κ2) is 6.72. The van der Waals surface area contributed by atoms with E-state index in [4.69, 9.17) is 5.73 Å². The van der Waals surface area contributed by atoms with Crippen LogP contribution in [0.4, 0.5) is 0 Å². The Balaban J connectivity index is 1.92. The largest absolute Gasteiger partial charge is 0.338 e. The molecule has 0 spiro atoms. The van der Waals surface area contributed by atoms with Crippen LogP contribution in [0.25, 0.3) is 0 Å². The lowest BCUT2D eigenvalue weighted by Gasteiger charge is -2.42. The van der Waals surface area contributed by atoms with Crippen LogP contribution < -0.4 is 5.73 Å². The fourth-order valence-corrected chi connectivity index (χ4v) is 3.16. The Bertz CT molecular complexity index is 402. The first-order chi connectivity index (χ1) is 9.51. The van der Waals surface area contributed by atoms with Crippen LogP contribution >= 0.6 is 0 Å². The Morgan fingerprint density at radius 2 is 1.90 bits per heavy atom. The third-order valence-electron chi connectivity index (χ3n) is 4.93. The molecule has 4 nitrogen and oxygen atoms in total. The zero-order valence-corrected chi connectivity index (χ0v) is 13.3. The van der Waals surface area contributed by atoms with Gasteiger partial charge in [0.05, 0.1) is 0 Å². The Hall–Kier alpha value is -0.870. The second-order valence-corrected chi connectivity index (χ2v) is 6.65. The Kier molecular flexibility index (Phi) is 5.22. The number of rotatable bonds is 5. The lowest BCUT2D eigenvalue weighted by atomic mass is 9.89. The van der Waals surface area contributed by atoms with Crippen molar-refractivity contribution in [3.63, 3.8) is 0 Å². The molecule has 1 aromatic heterocycles. The predicted molar refractivity (Wildman–Crippen MR) is 83.6 cm³/mol. The minimum absolute atomic E-state index is 0.0789. The number of aryl methyl sites for hydroxylation is 2. The molecule has 0 aromatic carbocycles. The lowest BCUT2D eigenvalue weighted by Crippen LogP contribution is -2.56. The van der Waals surface area contributed by atoms with Gasteiger partial charge in [-0.05, 0) is 46.2 Å². The van der Waals surface area contributed by atoms with Crippen molar-refractivity contribution in [3.05, 3.63) is 18.2 Å². The van der Waals surface area contributed by atoms with Gasteiger partial charge in [0.2, 0.25) is 0 Å². The summed E-state index contributed by atoms with van der Waals surface area (Å²) >= 11 is 0. The van der Waals surface area contributed by atoms with E-state index in [1.54, 1.807) is 0 Å². The second-order valence-electron chi connectivity index (χ2n) is 6.65. The van der Waals surface area contributed by atoms with Gasteiger partial charge in [-0.25, -0.2) is 4.98 Å². The highest BCUT2D eigenvalue weighted by molar-refractivity contribution is 4.97. The molecule has 1 aromatic rings. The smallest absolute Gasteiger partial charge is 0.108 e. The average Bonchev–Trinajstić information content (AvgIpc) is 2.68. The SMILES string of the molecule is Cn1ccnc1CCC(N)C(C)(C)N1CCCCCC1. The van der Waals surface area contributed by atoms with Crippen molar-refractivity contribution in [2.45, 2.75) is 64.0 Å². The molecular formula is C16H30N4. The maximum Gasteiger partial charge on any atom is 0.108 e. The molecule has 20 heavy (non-hydrogen) atoms. The maximum atomic E-state index is 6.52. The molecule has 1 unspecified atom stereocenters. The van der Waals surface area contributed by atoms with Crippen LogP contribution in [0.3, 0.4) is 0 Å². The van der Waals surface area contributed by atoms with E-state index >= 15 is 0 Å². The van der Waals surface area contributed by atoms with Gasteiger partial charge in [-0.2, -0.15) is 0 Å². The van der Waals surface area contributed by atoms with Crippen LogP contribution in [0.5, 0.6) is 0 Å². The molecule has 0 amide bonds. The summed E-state index contributed by atoms with van der Waals surface area (Å²) in [6.07, 6.45) is 11.2. The van der Waals surface area contributed by atoms with Crippen molar-refractivity contribution in [1.82, 2.24) is 14.5 Å². The third-order valence-corrected chi connectivity index (χ3v) is 4.93. The molecule has 2 rings (SSSR count). The van der Waals surface area contributed by atoms with Gasteiger partial charge in [0.15, 0.2) is 0 Å². The van der Waals surface area contributed by atoms with Gasteiger partial charge < -0.3 is 10.3 Å². The summed E-state index contributed by atoms with van der Waals surface area (Å²) in [6.45, 7) is 7.01. The van der Waals surface area contributed by atoms with Crippen molar-refractivity contribution in [2.24, 2.45) is 12.8 Å². The molecule has 0 radical (unpaired) electrons. The summed E-state index contributed by atoms with van der Waals surface area (Å²) in [4.78, 5) is 6.99. The molecule has 1 atom stereocenters. The maximum absolute atomic E-state index is 6.52. The van der Waals surface area contributed by atoms with Crippen molar-refractivity contribution in [2.75, 3.05) is 13.1 Å². The first-order valence-corrected chi connectivity index (χ1v) is 7.98. The fraction of sp³-hybridized carbons (Fsp3) is 0.812. The first kappa shape index (κ1) is 15.5. The van der Waals surface area contributed by atoms with Crippen LogP contribution in [0.2, 0.25) is 0 Å². The topological polar surface area (TPSA) is 47.1 Å². The highest BCUT2D eigenvalue weighted by Crippen LogP contribution is 2.24. The summed E-state index contributed by atoms with van der Waals surface area (Å²) in [5.41, 5.74) is 6.60. The van der Waals surface area contributed by atoms with Gasteiger partial charge in [0.1, 0.15) is 5.82 Å². The number of hydrogen-bond donors (Lipinski definition) is 1. The first-order valence-electron chi connectivity index (χ1n) is 7.98. The van der Waals surface area contributed by atoms with Gasteiger partial charge in [-0.3, -0.25) is 4.90 Å². The minimum atomic E-state index is 0.0789. The van der Waals surface area contributed by atoms with Gasteiger partial charge in [-0.15, -0.1) is 0 Å². The highest BCUT2D eigenvalue weighted by Gasteiger charge is 2.33. The number of likely N-dealkylation sites (tertiary alicyclic amines) is 1. The van der Waals surface area contributed by atoms with Crippen molar-refractivity contribution in [3.8, 4) is 0 Å². The monoisotopic (exact) mass is 278 g/mol. The minimum Gasteiger partial charge on any atom is -0.338 e.